The van der Waals surface area contributed by atoms with E-state index in [1.54, 1.807) is 12.1 Å². The predicted molar refractivity (Wildman–Crippen MR) is 84.2 cm³/mol. The third-order valence-corrected chi connectivity index (χ3v) is 5.37. The minimum absolute atomic E-state index is 0.0602. The van der Waals surface area contributed by atoms with Crippen LogP contribution >= 0.6 is 50.7 Å². The molecule has 0 amide bonds. The molecule has 4 nitrogen and oxygen atoms in total. The van der Waals surface area contributed by atoms with Gasteiger partial charge in [-0.05, 0) is 40.2 Å². The number of sulfonamides is 1. The molecule has 0 saturated heterocycles. The van der Waals surface area contributed by atoms with E-state index in [1.165, 1.54) is 18.3 Å². The number of aromatic nitrogens is 1. The Bertz CT molecular complexity index is 745. The summed E-state index contributed by atoms with van der Waals surface area (Å²) in [5, 5.41) is 0.131. The SMILES string of the molecule is O=S(=O)(Nc1cccnc1Br)c1c(Cl)cc(Cl)cc1Cl. The minimum Gasteiger partial charge on any atom is -0.277 e. The zero-order valence-corrected chi connectivity index (χ0v) is 14.2. The van der Waals surface area contributed by atoms with Gasteiger partial charge in [0, 0.05) is 11.2 Å². The lowest BCUT2D eigenvalue weighted by Gasteiger charge is -2.12. The van der Waals surface area contributed by atoms with Gasteiger partial charge in [-0.2, -0.15) is 0 Å². The molecular weight excluding hydrogens is 410 g/mol. The number of nitrogens with one attached hydrogen (secondary N) is 1. The van der Waals surface area contributed by atoms with E-state index in [1.807, 2.05) is 0 Å². The van der Waals surface area contributed by atoms with E-state index in [-0.39, 0.29) is 25.7 Å². The predicted octanol–water partition coefficient (Wildman–Crippen LogP) is 4.61. The smallest absolute Gasteiger partial charge is 0.264 e. The van der Waals surface area contributed by atoms with Gasteiger partial charge in [0.25, 0.3) is 10.0 Å². The molecule has 0 unspecified atom stereocenters. The number of pyridine rings is 1. The van der Waals surface area contributed by atoms with Crippen LogP contribution in [0.5, 0.6) is 0 Å². The van der Waals surface area contributed by atoms with Crippen molar-refractivity contribution in [3.8, 4) is 0 Å². The fraction of sp³-hybridized carbons (Fsp3) is 0. The van der Waals surface area contributed by atoms with E-state index < -0.39 is 10.0 Å². The monoisotopic (exact) mass is 414 g/mol. The van der Waals surface area contributed by atoms with Gasteiger partial charge in [0.05, 0.1) is 15.7 Å². The summed E-state index contributed by atoms with van der Waals surface area (Å²) in [4.78, 5) is 3.68. The Morgan fingerprint density at radius 3 is 2.30 bits per heavy atom. The highest BCUT2D eigenvalue weighted by Crippen LogP contribution is 2.34. The highest BCUT2D eigenvalue weighted by atomic mass is 79.9. The first-order valence-corrected chi connectivity index (χ1v) is 8.50. The van der Waals surface area contributed by atoms with Crippen LogP contribution in [0, 0.1) is 0 Å². The summed E-state index contributed by atoms with van der Waals surface area (Å²) in [6, 6.07) is 5.75. The van der Waals surface area contributed by atoms with Crippen LogP contribution in [0.1, 0.15) is 0 Å². The molecule has 1 heterocycles. The third-order valence-electron chi connectivity index (χ3n) is 2.24. The molecule has 1 aromatic carbocycles. The van der Waals surface area contributed by atoms with Gasteiger partial charge in [-0.3, -0.25) is 4.72 Å². The number of hydrogen-bond donors (Lipinski definition) is 1. The second-order valence-electron chi connectivity index (χ2n) is 3.65. The summed E-state index contributed by atoms with van der Waals surface area (Å²) in [5.74, 6) is 0. The first-order valence-electron chi connectivity index (χ1n) is 5.09. The van der Waals surface area contributed by atoms with E-state index >= 15 is 0 Å². The lowest BCUT2D eigenvalue weighted by molar-refractivity contribution is 0.601. The zero-order chi connectivity index (χ0) is 14.9. The van der Waals surface area contributed by atoms with Gasteiger partial charge in [0.2, 0.25) is 0 Å². The quantitative estimate of drug-likeness (QED) is 0.744. The molecule has 2 rings (SSSR count). The molecule has 0 spiro atoms. The fourth-order valence-corrected chi connectivity index (χ4v) is 4.54. The number of benzene rings is 1. The van der Waals surface area contributed by atoms with Crippen molar-refractivity contribution in [2.75, 3.05) is 4.72 Å². The lowest BCUT2D eigenvalue weighted by Crippen LogP contribution is -2.14. The first kappa shape index (κ1) is 15.9. The topological polar surface area (TPSA) is 59.1 Å². The molecule has 0 aliphatic heterocycles. The molecule has 0 bridgehead atoms. The second-order valence-corrected chi connectivity index (χ2v) is 7.27. The third kappa shape index (κ3) is 3.38. The second kappa shape index (κ2) is 6.07. The van der Waals surface area contributed by atoms with E-state index in [4.69, 9.17) is 34.8 Å². The summed E-state index contributed by atoms with van der Waals surface area (Å²) in [6.07, 6.45) is 1.52. The molecule has 9 heteroatoms. The van der Waals surface area contributed by atoms with E-state index in [9.17, 15) is 8.42 Å². The fourth-order valence-electron chi connectivity index (χ4n) is 1.44. The van der Waals surface area contributed by atoms with Crippen LogP contribution in [0.4, 0.5) is 5.69 Å². The van der Waals surface area contributed by atoms with Gasteiger partial charge in [-0.25, -0.2) is 13.4 Å². The van der Waals surface area contributed by atoms with Gasteiger partial charge < -0.3 is 0 Å². The molecule has 0 atom stereocenters. The summed E-state index contributed by atoms with van der Waals surface area (Å²) < 4.78 is 27.4. The van der Waals surface area contributed by atoms with Crippen LogP contribution in [-0.4, -0.2) is 13.4 Å². The van der Waals surface area contributed by atoms with Gasteiger partial charge in [0.15, 0.2) is 0 Å². The number of anilines is 1. The van der Waals surface area contributed by atoms with Crippen molar-refractivity contribution < 1.29 is 8.42 Å². The Morgan fingerprint density at radius 2 is 1.75 bits per heavy atom. The molecular formula is C11H6BrCl3N2O2S. The van der Waals surface area contributed by atoms with Crippen molar-refractivity contribution >= 4 is 66.4 Å². The van der Waals surface area contributed by atoms with Crippen molar-refractivity contribution in [3.05, 3.63) is 50.1 Å². The Morgan fingerprint density at radius 1 is 1.15 bits per heavy atom. The Kier molecular flexibility index (Phi) is 4.81. The van der Waals surface area contributed by atoms with Gasteiger partial charge in [0.1, 0.15) is 9.50 Å². The van der Waals surface area contributed by atoms with Gasteiger partial charge in [-0.15, -0.1) is 0 Å². The molecule has 0 radical (unpaired) electrons. The lowest BCUT2D eigenvalue weighted by atomic mass is 10.4. The highest BCUT2D eigenvalue weighted by Gasteiger charge is 2.23. The molecule has 106 valence electrons. The molecule has 0 aliphatic rings. The van der Waals surface area contributed by atoms with Gasteiger partial charge in [-0.1, -0.05) is 34.8 Å². The van der Waals surface area contributed by atoms with Crippen molar-refractivity contribution in [1.82, 2.24) is 4.98 Å². The molecule has 20 heavy (non-hydrogen) atoms. The molecule has 0 aliphatic carbocycles. The normalized spacial score (nSPS) is 11.4. The van der Waals surface area contributed by atoms with E-state index in [0.29, 0.717) is 4.60 Å². The molecule has 1 aromatic heterocycles. The van der Waals surface area contributed by atoms with Crippen molar-refractivity contribution in [3.63, 3.8) is 0 Å². The van der Waals surface area contributed by atoms with E-state index in [0.717, 1.165) is 0 Å². The van der Waals surface area contributed by atoms with Gasteiger partial charge >= 0.3 is 0 Å². The summed E-state index contributed by atoms with van der Waals surface area (Å²) in [7, 11) is -3.96. The van der Waals surface area contributed by atoms with Crippen LogP contribution in [0.15, 0.2) is 40.0 Å². The number of nitrogens with zero attached hydrogens (tertiary/aromatic N) is 1. The van der Waals surface area contributed by atoms with Crippen LogP contribution in [0.25, 0.3) is 0 Å². The summed E-state index contributed by atoms with van der Waals surface area (Å²) in [6.45, 7) is 0. The van der Waals surface area contributed by atoms with Crippen molar-refractivity contribution in [1.29, 1.82) is 0 Å². The number of rotatable bonds is 3. The Labute approximate surface area is 139 Å². The summed E-state index contributed by atoms with van der Waals surface area (Å²) >= 11 is 20.7. The Balaban J connectivity index is 2.50. The maximum Gasteiger partial charge on any atom is 0.264 e. The van der Waals surface area contributed by atoms with Crippen molar-refractivity contribution in [2.24, 2.45) is 0 Å². The number of halogens is 4. The molecule has 0 fully saturated rings. The molecule has 2 aromatic rings. The zero-order valence-electron chi connectivity index (χ0n) is 9.57. The maximum absolute atomic E-state index is 12.3. The Hall–Kier alpha value is -0.530. The highest BCUT2D eigenvalue weighted by molar-refractivity contribution is 9.10. The number of hydrogen-bond acceptors (Lipinski definition) is 3. The first-order chi connectivity index (χ1) is 9.31. The van der Waals surface area contributed by atoms with Crippen molar-refractivity contribution in [2.45, 2.75) is 4.90 Å². The average molecular weight is 417 g/mol. The van der Waals surface area contributed by atoms with Crippen LogP contribution in [-0.2, 0) is 10.0 Å². The molecule has 1 N–H and O–H groups in total. The maximum atomic E-state index is 12.3. The van der Waals surface area contributed by atoms with Crippen LogP contribution in [0.2, 0.25) is 15.1 Å². The largest absolute Gasteiger partial charge is 0.277 e. The van der Waals surface area contributed by atoms with Crippen LogP contribution < -0.4 is 4.72 Å². The minimum atomic E-state index is -3.96. The van der Waals surface area contributed by atoms with Crippen LogP contribution in [0.3, 0.4) is 0 Å². The standard InChI is InChI=1S/C11H6BrCl3N2O2S/c12-11-9(2-1-3-16-11)17-20(18,19)10-7(14)4-6(13)5-8(10)15/h1-5,17H. The summed E-state index contributed by atoms with van der Waals surface area (Å²) in [5.41, 5.74) is 0.273. The molecule has 0 saturated carbocycles. The van der Waals surface area contributed by atoms with E-state index in [2.05, 4.69) is 25.6 Å². The average Bonchev–Trinajstić information content (AvgIpc) is 2.30.